The summed E-state index contributed by atoms with van der Waals surface area (Å²) in [5.41, 5.74) is 5.46. The Morgan fingerprint density at radius 2 is 2.12 bits per heavy atom. The molecule has 0 saturated carbocycles. The average Bonchev–Trinajstić information content (AvgIpc) is 2.24. The molecule has 0 aliphatic carbocycles. The van der Waals surface area contributed by atoms with E-state index in [2.05, 4.69) is 5.32 Å². The molecule has 5 nitrogen and oxygen atoms in total. The molecule has 0 aliphatic heterocycles. The highest BCUT2D eigenvalue weighted by Gasteiger charge is 2.22. The lowest BCUT2D eigenvalue weighted by Crippen LogP contribution is -2.46. The number of nitrogens with one attached hydrogen (secondary N) is 1. The number of rotatable bonds is 10. The highest BCUT2D eigenvalue weighted by Crippen LogP contribution is 2.08. The Bertz CT molecular complexity index is 210. The van der Waals surface area contributed by atoms with E-state index in [1.54, 1.807) is 7.11 Å². The number of hydrogen-bond donors (Lipinski definition) is 3. The molecule has 0 aromatic heterocycles. The summed E-state index contributed by atoms with van der Waals surface area (Å²) < 4.78 is 5.09. The van der Waals surface area contributed by atoms with Crippen LogP contribution in [0.4, 0.5) is 0 Å². The summed E-state index contributed by atoms with van der Waals surface area (Å²) in [6, 6.07) is -0.448. The predicted molar refractivity (Wildman–Crippen MR) is 68.0 cm³/mol. The molecular formula is C12H26N2O3. The molecule has 2 unspecified atom stereocenters. The van der Waals surface area contributed by atoms with Crippen LogP contribution in [0.15, 0.2) is 0 Å². The molecule has 0 saturated heterocycles. The van der Waals surface area contributed by atoms with E-state index >= 15 is 0 Å². The van der Waals surface area contributed by atoms with Crippen molar-refractivity contribution < 1.29 is 14.6 Å². The molecule has 102 valence electrons. The van der Waals surface area contributed by atoms with Gasteiger partial charge >= 0.3 is 5.97 Å². The van der Waals surface area contributed by atoms with Crippen molar-refractivity contribution in [2.24, 2.45) is 11.7 Å². The maximum atomic E-state index is 11.1. The van der Waals surface area contributed by atoms with Crippen molar-refractivity contribution in [3.05, 3.63) is 0 Å². The van der Waals surface area contributed by atoms with Gasteiger partial charge in [0.2, 0.25) is 0 Å². The van der Waals surface area contributed by atoms with Crippen LogP contribution >= 0.6 is 0 Å². The maximum absolute atomic E-state index is 11.1. The molecular weight excluding hydrogens is 220 g/mol. The van der Waals surface area contributed by atoms with Gasteiger partial charge in [-0.15, -0.1) is 0 Å². The van der Waals surface area contributed by atoms with E-state index < -0.39 is 12.0 Å². The summed E-state index contributed by atoms with van der Waals surface area (Å²) in [6.07, 6.45) is 2.33. The Balaban J connectivity index is 4.28. The van der Waals surface area contributed by atoms with Crippen LogP contribution in [-0.4, -0.2) is 43.4 Å². The zero-order chi connectivity index (χ0) is 13.3. The Morgan fingerprint density at radius 1 is 1.47 bits per heavy atom. The average molecular weight is 246 g/mol. The van der Waals surface area contributed by atoms with Gasteiger partial charge in [0.15, 0.2) is 0 Å². The largest absolute Gasteiger partial charge is 0.480 e. The standard InChI is InChI=1S/C12H26N2O3/c1-9(2)7-11(12(15)16)14-10(8-17-3)5-4-6-13/h9-11,14H,4-8,13H2,1-3H3,(H,15,16). The molecule has 2 atom stereocenters. The van der Waals surface area contributed by atoms with Gasteiger partial charge in [-0.25, -0.2) is 0 Å². The Kier molecular flexibility index (Phi) is 9.03. The molecule has 4 N–H and O–H groups in total. The first-order valence-electron chi connectivity index (χ1n) is 6.19. The van der Waals surface area contributed by atoms with E-state index in [0.717, 1.165) is 12.8 Å². The molecule has 17 heavy (non-hydrogen) atoms. The van der Waals surface area contributed by atoms with Crippen molar-refractivity contribution in [2.75, 3.05) is 20.3 Å². The first-order valence-corrected chi connectivity index (χ1v) is 6.19. The van der Waals surface area contributed by atoms with Crippen molar-refractivity contribution in [3.63, 3.8) is 0 Å². The normalized spacial score (nSPS) is 14.9. The summed E-state index contributed by atoms with van der Waals surface area (Å²) in [7, 11) is 1.62. The zero-order valence-electron chi connectivity index (χ0n) is 11.1. The second kappa shape index (κ2) is 9.39. The topological polar surface area (TPSA) is 84.6 Å². The molecule has 0 rings (SSSR count). The van der Waals surface area contributed by atoms with Crippen molar-refractivity contribution in [1.82, 2.24) is 5.32 Å². The monoisotopic (exact) mass is 246 g/mol. The van der Waals surface area contributed by atoms with E-state index in [9.17, 15) is 4.79 Å². The Labute approximate surface area is 104 Å². The van der Waals surface area contributed by atoms with Gasteiger partial charge in [0.25, 0.3) is 0 Å². The fourth-order valence-electron chi connectivity index (χ4n) is 1.78. The van der Waals surface area contributed by atoms with Gasteiger partial charge in [-0.2, -0.15) is 0 Å². The quantitative estimate of drug-likeness (QED) is 0.531. The second-order valence-corrected chi connectivity index (χ2v) is 4.77. The second-order valence-electron chi connectivity index (χ2n) is 4.77. The van der Waals surface area contributed by atoms with Crippen LogP contribution in [0, 0.1) is 5.92 Å². The molecule has 0 radical (unpaired) electrons. The first kappa shape index (κ1) is 16.4. The van der Waals surface area contributed by atoms with Gasteiger partial charge in [0.1, 0.15) is 6.04 Å². The number of nitrogens with two attached hydrogens (primary N) is 1. The molecule has 0 aromatic carbocycles. The van der Waals surface area contributed by atoms with Crippen LogP contribution in [0.25, 0.3) is 0 Å². The summed E-state index contributed by atoms with van der Waals surface area (Å²) in [6.45, 7) is 5.16. The molecule has 0 amide bonds. The van der Waals surface area contributed by atoms with E-state index in [1.807, 2.05) is 13.8 Å². The fourth-order valence-corrected chi connectivity index (χ4v) is 1.78. The van der Waals surface area contributed by atoms with Gasteiger partial charge in [0, 0.05) is 13.2 Å². The minimum Gasteiger partial charge on any atom is -0.480 e. The van der Waals surface area contributed by atoms with Gasteiger partial charge < -0.3 is 15.6 Å². The predicted octanol–water partition coefficient (Wildman–Crippen LogP) is 0.829. The van der Waals surface area contributed by atoms with Gasteiger partial charge in [-0.05, 0) is 31.7 Å². The molecule has 0 bridgehead atoms. The van der Waals surface area contributed by atoms with E-state index in [1.165, 1.54) is 0 Å². The van der Waals surface area contributed by atoms with Crippen molar-refractivity contribution in [3.8, 4) is 0 Å². The number of carboxylic acids is 1. The van der Waals surface area contributed by atoms with E-state index in [4.69, 9.17) is 15.6 Å². The number of ether oxygens (including phenoxy) is 1. The van der Waals surface area contributed by atoms with E-state index in [-0.39, 0.29) is 6.04 Å². The number of methoxy groups -OCH3 is 1. The highest BCUT2D eigenvalue weighted by molar-refractivity contribution is 5.73. The smallest absolute Gasteiger partial charge is 0.320 e. The number of hydrogen-bond acceptors (Lipinski definition) is 4. The third kappa shape index (κ3) is 8.12. The molecule has 0 aliphatic rings. The summed E-state index contributed by atoms with van der Waals surface area (Å²) in [5, 5.41) is 12.3. The van der Waals surface area contributed by atoms with Gasteiger partial charge in [0.05, 0.1) is 6.61 Å². The Hall–Kier alpha value is -0.650. The minimum atomic E-state index is -0.799. The Morgan fingerprint density at radius 3 is 2.53 bits per heavy atom. The number of aliphatic carboxylic acids is 1. The first-order chi connectivity index (χ1) is 8.01. The minimum absolute atomic E-state index is 0.0587. The van der Waals surface area contributed by atoms with Crippen molar-refractivity contribution in [1.29, 1.82) is 0 Å². The van der Waals surface area contributed by atoms with Gasteiger partial charge in [-0.3, -0.25) is 10.1 Å². The lowest BCUT2D eigenvalue weighted by Gasteiger charge is -2.23. The summed E-state index contributed by atoms with van der Waals surface area (Å²) in [4.78, 5) is 11.1. The molecule has 0 heterocycles. The summed E-state index contributed by atoms with van der Waals surface area (Å²) >= 11 is 0. The fraction of sp³-hybridized carbons (Fsp3) is 0.917. The zero-order valence-corrected chi connectivity index (χ0v) is 11.1. The van der Waals surface area contributed by atoms with E-state index in [0.29, 0.717) is 25.5 Å². The lowest BCUT2D eigenvalue weighted by atomic mass is 10.0. The number of carbonyl (C=O) groups is 1. The van der Waals surface area contributed by atoms with Crippen LogP contribution in [0.1, 0.15) is 33.1 Å². The van der Waals surface area contributed by atoms with Crippen molar-refractivity contribution in [2.45, 2.75) is 45.2 Å². The van der Waals surface area contributed by atoms with Crippen LogP contribution in [-0.2, 0) is 9.53 Å². The van der Waals surface area contributed by atoms with Crippen LogP contribution in [0.3, 0.4) is 0 Å². The molecule has 0 fully saturated rings. The third-order valence-electron chi connectivity index (χ3n) is 2.57. The van der Waals surface area contributed by atoms with Crippen LogP contribution in [0.2, 0.25) is 0 Å². The summed E-state index contributed by atoms with van der Waals surface area (Å²) in [5.74, 6) is -0.450. The van der Waals surface area contributed by atoms with Gasteiger partial charge in [-0.1, -0.05) is 13.8 Å². The highest BCUT2D eigenvalue weighted by atomic mass is 16.5. The molecule has 5 heteroatoms. The van der Waals surface area contributed by atoms with Crippen molar-refractivity contribution >= 4 is 5.97 Å². The number of carboxylic acid groups (broad SMARTS) is 1. The maximum Gasteiger partial charge on any atom is 0.320 e. The third-order valence-corrected chi connectivity index (χ3v) is 2.57. The molecule has 0 aromatic rings. The van der Waals surface area contributed by atoms with Crippen LogP contribution in [0.5, 0.6) is 0 Å². The SMILES string of the molecule is COCC(CCCN)NC(CC(C)C)C(=O)O. The van der Waals surface area contributed by atoms with Crippen LogP contribution < -0.4 is 11.1 Å². The lowest BCUT2D eigenvalue weighted by molar-refractivity contribution is -0.140. The molecule has 0 spiro atoms.